The third-order valence-corrected chi connectivity index (χ3v) is 5.19. The molecular weight excluding hydrogens is 333 g/mol. The van der Waals surface area contributed by atoms with Crippen LogP contribution in [0, 0.1) is 5.82 Å². The van der Waals surface area contributed by atoms with Crippen LogP contribution in [-0.4, -0.2) is 21.4 Å². The van der Waals surface area contributed by atoms with Gasteiger partial charge in [0, 0.05) is 17.5 Å². The average Bonchev–Trinajstić information content (AvgIpc) is 2.85. The molecule has 0 atom stereocenters. The molecule has 0 fully saturated rings. The minimum Gasteiger partial charge on any atom is -0.494 e. The Balaban J connectivity index is 1.78. The van der Waals surface area contributed by atoms with Crippen molar-refractivity contribution in [3.05, 3.63) is 64.8 Å². The predicted molar refractivity (Wildman–Crippen MR) is 86.4 cm³/mol. The van der Waals surface area contributed by atoms with E-state index in [1.54, 1.807) is 24.3 Å². The van der Waals surface area contributed by atoms with E-state index in [4.69, 9.17) is 4.74 Å². The average molecular weight is 347 g/mol. The molecule has 0 bridgehead atoms. The minimum atomic E-state index is -3.60. The Morgan fingerprint density at radius 1 is 1.21 bits per heavy atom. The Hall–Kier alpha value is -2.67. The molecule has 2 aromatic rings. The first-order valence-electron chi connectivity index (χ1n) is 7.09. The van der Waals surface area contributed by atoms with Crippen LogP contribution in [0.2, 0.25) is 0 Å². The van der Waals surface area contributed by atoms with Crippen molar-refractivity contribution >= 4 is 21.3 Å². The maximum atomic E-state index is 13.6. The molecule has 3 rings (SSSR count). The number of amides is 1. The van der Waals surface area contributed by atoms with E-state index < -0.39 is 21.6 Å². The van der Waals surface area contributed by atoms with Crippen LogP contribution in [0.3, 0.4) is 0 Å². The van der Waals surface area contributed by atoms with Crippen LogP contribution < -0.4 is 10.1 Å². The second-order valence-corrected chi connectivity index (χ2v) is 6.99. The van der Waals surface area contributed by atoms with Crippen LogP contribution in [0.15, 0.2) is 52.8 Å². The van der Waals surface area contributed by atoms with Crippen molar-refractivity contribution in [2.24, 2.45) is 0 Å². The topological polar surface area (TPSA) is 72.5 Å². The first-order valence-corrected chi connectivity index (χ1v) is 8.64. The Kier molecular flexibility index (Phi) is 4.11. The van der Waals surface area contributed by atoms with E-state index in [0.717, 1.165) is 5.41 Å². The summed E-state index contributed by atoms with van der Waals surface area (Å²) < 4.78 is 42.6. The van der Waals surface area contributed by atoms with Gasteiger partial charge in [0.25, 0.3) is 5.91 Å². The summed E-state index contributed by atoms with van der Waals surface area (Å²) in [6.07, 6.45) is 0. The third-order valence-electron chi connectivity index (χ3n) is 3.67. The highest BCUT2D eigenvalue weighted by Gasteiger charge is 2.30. The Morgan fingerprint density at radius 2 is 1.96 bits per heavy atom. The van der Waals surface area contributed by atoms with Gasteiger partial charge in [-0.25, -0.2) is 12.8 Å². The lowest BCUT2D eigenvalue weighted by Gasteiger charge is -2.08. The number of carbonyl (C=O) groups is 1. The van der Waals surface area contributed by atoms with Crippen molar-refractivity contribution in [2.75, 3.05) is 7.11 Å². The Morgan fingerprint density at radius 3 is 2.67 bits per heavy atom. The number of nitrogens with one attached hydrogen (secondary N) is 1. The van der Waals surface area contributed by atoms with Crippen LogP contribution in [0.25, 0.3) is 5.57 Å². The Labute approximate surface area is 138 Å². The molecule has 0 spiro atoms. The molecule has 0 saturated carbocycles. The van der Waals surface area contributed by atoms with Crippen molar-refractivity contribution < 1.29 is 22.3 Å². The standard InChI is InChI=1S/C17H14FNO4S/c1-23-15-7-6-11(8-14(15)18)9-19-17(20)13-10-24(21,22)16-5-3-2-4-12(13)16/h2-8,10H,9H2,1H3,(H,19,20). The summed E-state index contributed by atoms with van der Waals surface area (Å²) in [5.41, 5.74) is 0.992. The lowest BCUT2D eigenvalue weighted by molar-refractivity contribution is -0.115. The molecule has 1 N–H and O–H groups in total. The molecule has 0 aliphatic carbocycles. The smallest absolute Gasteiger partial charge is 0.252 e. The maximum absolute atomic E-state index is 13.6. The van der Waals surface area contributed by atoms with Crippen LogP contribution in [0.1, 0.15) is 11.1 Å². The number of carbonyl (C=O) groups excluding carboxylic acids is 1. The largest absolute Gasteiger partial charge is 0.494 e. The fraction of sp³-hybridized carbons (Fsp3) is 0.118. The van der Waals surface area contributed by atoms with E-state index in [2.05, 4.69) is 5.32 Å². The van der Waals surface area contributed by atoms with Gasteiger partial charge in [-0.15, -0.1) is 0 Å². The maximum Gasteiger partial charge on any atom is 0.252 e. The van der Waals surface area contributed by atoms with Gasteiger partial charge in [0.15, 0.2) is 11.6 Å². The van der Waals surface area contributed by atoms with E-state index in [1.807, 2.05) is 0 Å². The van der Waals surface area contributed by atoms with Crippen molar-refractivity contribution in [3.8, 4) is 5.75 Å². The number of ether oxygens (including phenoxy) is 1. The molecule has 0 saturated heterocycles. The Bertz CT molecular complexity index is 951. The quantitative estimate of drug-likeness (QED) is 0.921. The van der Waals surface area contributed by atoms with Gasteiger partial charge >= 0.3 is 0 Å². The van der Waals surface area contributed by atoms with Gasteiger partial charge in [-0.1, -0.05) is 24.3 Å². The van der Waals surface area contributed by atoms with E-state index in [-0.39, 0.29) is 22.8 Å². The molecule has 24 heavy (non-hydrogen) atoms. The van der Waals surface area contributed by atoms with E-state index in [9.17, 15) is 17.6 Å². The lowest BCUT2D eigenvalue weighted by atomic mass is 10.1. The molecule has 5 nitrogen and oxygen atoms in total. The van der Waals surface area contributed by atoms with Crippen LogP contribution in [-0.2, 0) is 21.2 Å². The molecule has 1 aliphatic rings. The summed E-state index contributed by atoms with van der Waals surface area (Å²) in [5, 5.41) is 3.57. The number of halogens is 1. The second-order valence-electron chi connectivity index (χ2n) is 5.22. The van der Waals surface area contributed by atoms with Crippen LogP contribution in [0.4, 0.5) is 4.39 Å². The summed E-state index contributed by atoms with van der Waals surface area (Å²) >= 11 is 0. The van der Waals surface area contributed by atoms with Gasteiger partial charge in [0.1, 0.15) is 0 Å². The molecule has 1 aliphatic heterocycles. The molecular formula is C17H14FNO4S. The first kappa shape index (κ1) is 16.2. The van der Waals surface area contributed by atoms with Gasteiger partial charge in [-0.05, 0) is 23.8 Å². The zero-order chi connectivity index (χ0) is 17.3. The monoisotopic (exact) mass is 347 g/mol. The van der Waals surface area contributed by atoms with Crippen molar-refractivity contribution in [3.63, 3.8) is 0 Å². The zero-order valence-corrected chi connectivity index (χ0v) is 13.6. The second kappa shape index (κ2) is 6.09. The summed E-state index contributed by atoms with van der Waals surface area (Å²) in [5.74, 6) is -0.944. The molecule has 124 valence electrons. The molecule has 7 heteroatoms. The number of hydrogen-bond acceptors (Lipinski definition) is 4. The number of benzene rings is 2. The van der Waals surface area contributed by atoms with Crippen LogP contribution in [0.5, 0.6) is 5.75 Å². The van der Waals surface area contributed by atoms with Gasteiger partial charge in [0.05, 0.1) is 17.6 Å². The number of hydrogen-bond donors (Lipinski definition) is 1. The SMILES string of the molecule is COc1ccc(CNC(=O)C2=CS(=O)(=O)c3ccccc32)cc1F. The van der Waals surface area contributed by atoms with Crippen molar-refractivity contribution in [1.29, 1.82) is 0 Å². The van der Waals surface area contributed by atoms with Gasteiger partial charge in [0.2, 0.25) is 9.84 Å². The highest BCUT2D eigenvalue weighted by molar-refractivity contribution is 7.95. The van der Waals surface area contributed by atoms with Crippen molar-refractivity contribution in [2.45, 2.75) is 11.4 Å². The van der Waals surface area contributed by atoms with E-state index in [1.165, 1.54) is 25.3 Å². The highest BCUT2D eigenvalue weighted by Crippen LogP contribution is 2.33. The van der Waals surface area contributed by atoms with Crippen LogP contribution >= 0.6 is 0 Å². The first-order chi connectivity index (χ1) is 11.4. The number of fused-ring (bicyclic) bond motifs is 1. The highest BCUT2D eigenvalue weighted by atomic mass is 32.2. The van der Waals surface area contributed by atoms with Gasteiger partial charge < -0.3 is 10.1 Å². The fourth-order valence-corrected chi connectivity index (χ4v) is 3.92. The van der Waals surface area contributed by atoms with Gasteiger partial charge in [-0.2, -0.15) is 0 Å². The number of rotatable bonds is 4. The molecule has 1 amide bonds. The fourth-order valence-electron chi connectivity index (χ4n) is 2.49. The third kappa shape index (κ3) is 2.90. The van der Waals surface area contributed by atoms with Gasteiger partial charge in [-0.3, -0.25) is 4.79 Å². The number of sulfone groups is 1. The summed E-state index contributed by atoms with van der Waals surface area (Å²) in [6.45, 7) is 0.0688. The zero-order valence-electron chi connectivity index (χ0n) is 12.7. The minimum absolute atomic E-state index is 0.0688. The summed E-state index contributed by atoms with van der Waals surface area (Å²) in [6, 6.07) is 10.7. The van der Waals surface area contributed by atoms with Crippen molar-refractivity contribution in [1.82, 2.24) is 5.32 Å². The summed E-state index contributed by atoms with van der Waals surface area (Å²) in [4.78, 5) is 12.4. The van der Waals surface area contributed by atoms with E-state index in [0.29, 0.717) is 11.1 Å². The molecule has 0 unspecified atom stereocenters. The molecule has 0 aromatic heterocycles. The predicted octanol–water partition coefficient (Wildman–Crippen LogP) is 2.28. The molecule has 2 aromatic carbocycles. The molecule has 0 radical (unpaired) electrons. The number of methoxy groups -OCH3 is 1. The molecule has 1 heterocycles. The summed E-state index contributed by atoms with van der Waals surface area (Å²) in [7, 11) is -2.23. The van der Waals surface area contributed by atoms with E-state index >= 15 is 0 Å². The normalized spacial score (nSPS) is 14.7. The lowest BCUT2D eigenvalue weighted by Crippen LogP contribution is -2.23.